The van der Waals surface area contributed by atoms with E-state index >= 15 is 0 Å². The molecule has 0 aliphatic rings. The molecular formula is C30H45NO3S. The summed E-state index contributed by atoms with van der Waals surface area (Å²) in [5.41, 5.74) is 0. The van der Waals surface area contributed by atoms with Gasteiger partial charge in [-0.25, -0.2) is 8.42 Å². The number of hydrogen-bond donors (Lipinski definition) is 0. The summed E-state index contributed by atoms with van der Waals surface area (Å²) in [6.07, 6.45) is 11.1. The van der Waals surface area contributed by atoms with Crippen LogP contribution >= 0.6 is 0 Å². The van der Waals surface area contributed by atoms with E-state index in [1.165, 1.54) is 82.0 Å². The van der Waals surface area contributed by atoms with Crippen LogP contribution in [0.4, 0.5) is 0 Å². The molecule has 0 aromatic heterocycles. The predicted octanol–water partition coefficient (Wildman–Crippen LogP) is 7.90. The van der Waals surface area contributed by atoms with Gasteiger partial charge in [-0.3, -0.25) is 0 Å². The smallest absolute Gasteiger partial charge is 0.125 e. The maximum Gasteiger partial charge on any atom is 0.125 e. The van der Waals surface area contributed by atoms with Crippen molar-refractivity contribution in [1.29, 1.82) is 0 Å². The first-order valence-electron chi connectivity index (χ1n) is 13.5. The SMILES string of the molecule is CCCC[N+](CCCC)(CCCC)CCCC.O=S(=O)([O-])c1c2ccccc2cc2ccccc12. The Balaban J connectivity index is 0.000000248. The van der Waals surface area contributed by atoms with Gasteiger partial charge in [-0.15, -0.1) is 0 Å². The number of benzene rings is 3. The summed E-state index contributed by atoms with van der Waals surface area (Å²) in [5, 5.41) is 2.47. The minimum Gasteiger partial charge on any atom is -0.744 e. The molecule has 3 aromatic rings. The molecule has 0 N–H and O–H groups in total. The maximum absolute atomic E-state index is 11.5. The fourth-order valence-corrected chi connectivity index (χ4v) is 5.80. The molecule has 4 nitrogen and oxygen atoms in total. The summed E-state index contributed by atoms with van der Waals surface area (Å²) >= 11 is 0. The Bertz CT molecular complexity index is 1050. The van der Waals surface area contributed by atoms with Gasteiger partial charge in [0, 0.05) is 0 Å². The topological polar surface area (TPSA) is 57.2 Å². The minimum absolute atomic E-state index is 0.129. The van der Waals surface area contributed by atoms with E-state index < -0.39 is 10.1 Å². The average Bonchev–Trinajstić information content (AvgIpc) is 2.86. The van der Waals surface area contributed by atoms with E-state index in [9.17, 15) is 13.0 Å². The second-order valence-corrected chi connectivity index (χ2v) is 11.1. The molecule has 0 saturated heterocycles. The Kier molecular flexibility index (Phi) is 12.2. The van der Waals surface area contributed by atoms with E-state index in [0.717, 1.165) is 10.8 Å². The summed E-state index contributed by atoms with van der Waals surface area (Å²) in [6, 6.07) is 15.9. The van der Waals surface area contributed by atoms with Crippen molar-refractivity contribution in [2.24, 2.45) is 0 Å². The number of fused-ring (bicyclic) bond motifs is 2. The lowest BCUT2D eigenvalue weighted by Crippen LogP contribution is -2.50. The lowest BCUT2D eigenvalue weighted by Gasteiger charge is -2.39. The molecule has 0 aliphatic carbocycles. The van der Waals surface area contributed by atoms with E-state index in [1.807, 2.05) is 18.2 Å². The quantitative estimate of drug-likeness (QED) is 0.136. The largest absolute Gasteiger partial charge is 0.744 e. The van der Waals surface area contributed by atoms with Gasteiger partial charge < -0.3 is 9.04 Å². The van der Waals surface area contributed by atoms with Crippen molar-refractivity contribution in [1.82, 2.24) is 0 Å². The van der Waals surface area contributed by atoms with Crippen LogP contribution in [0.1, 0.15) is 79.1 Å². The van der Waals surface area contributed by atoms with Crippen molar-refractivity contribution in [2.75, 3.05) is 26.2 Å². The van der Waals surface area contributed by atoms with Gasteiger partial charge in [-0.05, 0) is 53.3 Å². The van der Waals surface area contributed by atoms with Crippen molar-refractivity contribution < 1.29 is 17.5 Å². The van der Waals surface area contributed by atoms with Crippen molar-refractivity contribution in [2.45, 2.75) is 84.0 Å². The minimum atomic E-state index is -4.51. The molecule has 3 rings (SSSR count). The summed E-state index contributed by atoms with van der Waals surface area (Å²) in [6.45, 7) is 15.0. The summed E-state index contributed by atoms with van der Waals surface area (Å²) in [4.78, 5) is -0.129. The molecule has 0 aliphatic heterocycles. The number of hydrogen-bond acceptors (Lipinski definition) is 3. The molecule has 0 saturated carbocycles. The first-order valence-corrected chi connectivity index (χ1v) is 14.9. The lowest BCUT2D eigenvalue weighted by atomic mass is 10.0. The molecule has 5 heteroatoms. The molecule has 0 heterocycles. The van der Waals surface area contributed by atoms with Crippen LogP contribution in [-0.2, 0) is 10.1 Å². The van der Waals surface area contributed by atoms with E-state index in [-0.39, 0.29) is 4.90 Å². The Labute approximate surface area is 213 Å². The Hall–Kier alpha value is -1.95. The monoisotopic (exact) mass is 499 g/mol. The molecule has 0 spiro atoms. The highest BCUT2D eigenvalue weighted by molar-refractivity contribution is 7.86. The van der Waals surface area contributed by atoms with Gasteiger partial charge in [0.15, 0.2) is 0 Å². The fourth-order valence-electron chi connectivity index (χ4n) is 4.89. The zero-order valence-corrected chi connectivity index (χ0v) is 23.1. The molecule has 194 valence electrons. The summed E-state index contributed by atoms with van der Waals surface area (Å²) in [7, 11) is -4.51. The van der Waals surface area contributed by atoms with Crippen LogP contribution in [0.5, 0.6) is 0 Å². The molecule has 0 unspecified atom stereocenters. The van der Waals surface area contributed by atoms with Gasteiger partial charge in [-0.1, -0.05) is 102 Å². The molecule has 0 bridgehead atoms. The van der Waals surface area contributed by atoms with Gasteiger partial charge in [0.25, 0.3) is 0 Å². The second-order valence-electron chi connectivity index (χ2n) is 9.75. The standard InChI is InChI=1S/C16H36N.C14H10O3S/c1-5-9-13-17(14-10-6-2,15-11-7-3)16-12-8-4;15-18(16,17)14-12-7-3-1-5-10(12)9-11-6-2-4-8-13(11)14/h5-16H2,1-4H3;1-9H,(H,15,16,17)/q+1;/p-1. The first kappa shape index (κ1) is 29.3. The highest BCUT2D eigenvalue weighted by atomic mass is 32.2. The number of nitrogens with zero attached hydrogens (tertiary/aromatic N) is 1. The van der Waals surface area contributed by atoms with Crippen LogP contribution in [0.3, 0.4) is 0 Å². The van der Waals surface area contributed by atoms with Crippen LogP contribution < -0.4 is 0 Å². The van der Waals surface area contributed by atoms with Gasteiger partial charge >= 0.3 is 0 Å². The molecule has 0 radical (unpaired) electrons. The Morgan fingerprint density at radius 3 is 1.29 bits per heavy atom. The van der Waals surface area contributed by atoms with E-state index in [0.29, 0.717) is 10.8 Å². The lowest BCUT2D eigenvalue weighted by molar-refractivity contribution is -0.929. The van der Waals surface area contributed by atoms with Crippen LogP contribution in [0.25, 0.3) is 21.5 Å². The normalized spacial score (nSPS) is 12.0. The van der Waals surface area contributed by atoms with Crippen molar-refractivity contribution >= 4 is 31.7 Å². The van der Waals surface area contributed by atoms with Crippen LogP contribution in [0, 0.1) is 0 Å². The van der Waals surface area contributed by atoms with Gasteiger partial charge in [-0.2, -0.15) is 0 Å². The third-order valence-electron chi connectivity index (χ3n) is 6.92. The number of quaternary nitrogens is 1. The zero-order chi connectivity index (χ0) is 25.7. The highest BCUT2D eigenvalue weighted by Crippen LogP contribution is 2.31. The van der Waals surface area contributed by atoms with Crippen molar-refractivity contribution in [3.8, 4) is 0 Å². The number of unbranched alkanes of at least 4 members (excludes halogenated alkanes) is 4. The Morgan fingerprint density at radius 1 is 0.629 bits per heavy atom. The summed E-state index contributed by atoms with van der Waals surface area (Å²) < 4.78 is 35.9. The zero-order valence-electron chi connectivity index (χ0n) is 22.3. The second kappa shape index (κ2) is 14.6. The van der Waals surface area contributed by atoms with Crippen LogP contribution in [0.2, 0.25) is 0 Å². The predicted molar refractivity (Wildman–Crippen MR) is 149 cm³/mol. The molecule has 0 fully saturated rings. The average molecular weight is 500 g/mol. The fraction of sp³-hybridized carbons (Fsp3) is 0.533. The molecule has 3 aromatic carbocycles. The van der Waals surface area contributed by atoms with Crippen LogP contribution in [0.15, 0.2) is 59.5 Å². The van der Waals surface area contributed by atoms with Gasteiger partial charge in [0.1, 0.15) is 10.1 Å². The number of rotatable bonds is 13. The van der Waals surface area contributed by atoms with Gasteiger partial charge in [0.2, 0.25) is 0 Å². The third-order valence-corrected chi connectivity index (χ3v) is 7.86. The maximum atomic E-state index is 11.5. The molecule has 0 atom stereocenters. The third kappa shape index (κ3) is 8.59. The van der Waals surface area contributed by atoms with Gasteiger partial charge in [0.05, 0.1) is 31.1 Å². The van der Waals surface area contributed by atoms with Crippen molar-refractivity contribution in [3.63, 3.8) is 0 Å². The molecule has 0 amide bonds. The highest BCUT2D eigenvalue weighted by Gasteiger charge is 2.24. The molecule has 35 heavy (non-hydrogen) atoms. The van der Waals surface area contributed by atoms with Crippen molar-refractivity contribution in [3.05, 3.63) is 54.6 Å². The molecular weight excluding hydrogens is 454 g/mol. The van der Waals surface area contributed by atoms with E-state index in [1.54, 1.807) is 36.4 Å². The summed E-state index contributed by atoms with van der Waals surface area (Å²) in [5.74, 6) is 0. The van der Waals surface area contributed by atoms with Crippen LogP contribution in [-0.4, -0.2) is 43.6 Å². The van der Waals surface area contributed by atoms with E-state index in [2.05, 4.69) is 27.7 Å². The Morgan fingerprint density at radius 2 is 0.971 bits per heavy atom. The van der Waals surface area contributed by atoms with E-state index in [4.69, 9.17) is 0 Å². The first-order chi connectivity index (χ1) is 16.8.